The third-order valence-electron chi connectivity index (χ3n) is 4.29. The predicted molar refractivity (Wildman–Crippen MR) is 90.8 cm³/mol. The zero-order valence-corrected chi connectivity index (χ0v) is 13.9. The molecule has 2 nitrogen and oxygen atoms in total. The minimum absolute atomic E-state index is 0.972. The highest BCUT2D eigenvalue weighted by molar-refractivity contribution is 5.31. The number of unbranched alkanes of at least 4 members (excludes halogenated alkanes) is 1. The van der Waals surface area contributed by atoms with Crippen LogP contribution in [0, 0.1) is 20.8 Å². The lowest BCUT2D eigenvalue weighted by molar-refractivity contribution is 0.637. The molecule has 0 bridgehead atoms. The maximum absolute atomic E-state index is 3.55. The smallest absolute Gasteiger partial charge is 0.0477 e. The maximum atomic E-state index is 3.55. The molecule has 0 amide bonds. The van der Waals surface area contributed by atoms with Gasteiger partial charge >= 0.3 is 0 Å². The Morgan fingerprint density at radius 2 is 1.81 bits per heavy atom. The number of nitrogens with zero attached hydrogens (tertiary/aromatic N) is 1. The summed E-state index contributed by atoms with van der Waals surface area (Å²) in [6, 6.07) is 11.0. The summed E-state index contributed by atoms with van der Waals surface area (Å²) in [6.45, 7) is 11.9. The summed E-state index contributed by atoms with van der Waals surface area (Å²) < 4.78 is 2.43. The van der Waals surface area contributed by atoms with Crippen molar-refractivity contribution in [2.24, 2.45) is 0 Å². The van der Waals surface area contributed by atoms with E-state index in [1.54, 1.807) is 0 Å². The summed E-state index contributed by atoms with van der Waals surface area (Å²) in [5.41, 5.74) is 6.94. The van der Waals surface area contributed by atoms with Gasteiger partial charge in [0.25, 0.3) is 0 Å². The van der Waals surface area contributed by atoms with Gasteiger partial charge in [0, 0.05) is 24.5 Å². The van der Waals surface area contributed by atoms with Crippen LogP contribution < -0.4 is 5.32 Å². The normalized spacial score (nSPS) is 11.0. The average molecular weight is 284 g/mol. The SMILES string of the molecule is CCCCNCc1cc(C)n(Cc2ccccc2C)c1C. The van der Waals surface area contributed by atoms with Gasteiger partial charge in [0.2, 0.25) is 0 Å². The fraction of sp³-hybridized carbons (Fsp3) is 0.474. The van der Waals surface area contributed by atoms with Gasteiger partial charge in [-0.3, -0.25) is 0 Å². The molecule has 0 spiro atoms. The molecule has 0 aliphatic carbocycles. The summed E-state index contributed by atoms with van der Waals surface area (Å²) in [5, 5.41) is 3.55. The van der Waals surface area contributed by atoms with Gasteiger partial charge in [0.05, 0.1) is 0 Å². The first-order valence-corrected chi connectivity index (χ1v) is 8.04. The largest absolute Gasteiger partial charge is 0.344 e. The first kappa shape index (κ1) is 15.8. The molecule has 0 fully saturated rings. The lowest BCUT2D eigenvalue weighted by Crippen LogP contribution is -2.15. The quantitative estimate of drug-likeness (QED) is 0.748. The van der Waals surface area contributed by atoms with Gasteiger partial charge in [0.1, 0.15) is 0 Å². The third-order valence-corrected chi connectivity index (χ3v) is 4.29. The van der Waals surface area contributed by atoms with Gasteiger partial charge < -0.3 is 9.88 Å². The van der Waals surface area contributed by atoms with E-state index in [0.29, 0.717) is 0 Å². The molecule has 0 saturated carbocycles. The topological polar surface area (TPSA) is 17.0 Å². The molecule has 0 saturated heterocycles. The summed E-state index contributed by atoms with van der Waals surface area (Å²) in [7, 11) is 0. The molecule has 0 aliphatic rings. The molecule has 1 heterocycles. The van der Waals surface area contributed by atoms with E-state index in [1.165, 1.54) is 40.9 Å². The van der Waals surface area contributed by atoms with Gasteiger partial charge in [-0.05, 0) is 56.5 Å². The Hall–Kier alpha value is -1.54. The van der Waals surface area contributed by atoms with E-state index in [2.05, 4.69) is 67.9 Å². The van der Waals surface area contributed by atoms with Crippen LogP contribution in [0.25, 0.3) is 0 Å². The number of hydrogen-bond acceptors (Lipinski definition) is 1. The first-order chi connectivity index (χ1) is 10.1. The van der Waals surface area contributed by atoms with E-state index in [0.717, 1.165) is 19.6 Å². The van der Waals surface area contributed by atoms with Crippen LogP contribution >= 0.6 is 0 Å². The Morgan fingerprint density at radius 1 is 1.05 bits per heavy atom. The minimum Gasteiger partial charge on any atom is -0.344 e. The van der Waals surface area contributed by atoms with Crippen molar-refractivity contribution in [1.29, 1.82) is 0 Å². The fourth-order valence-corrected chi connectivity index (χ4v) is 2.78. The van der Waals surface area contributed by atoms with Crippen molar-refractivity contribution in [3.63, 3.8) is 0 Å². The predicted octanol–water partition coefficient (Wildman–Crippen LogP) is 4.35. The van der Waals surface area contributed by atoms with Gasteiger partial charge in [-0.25, -0.2) is 0 Å². The lowest BCUT2D eigenvalue weighted by Gasteiger charge is -2.12. The highest BCUT2D eigenvalue weighted by Gasteiger charge is 2.09. The maximum Gasteiger partial charge on any atom is 0.0477 e. The van der Waals surface area contributed by atoms with Crippen molar-refractivity contribution in [2.45, 2.75) is 53.6 Å². The van der Waals surface area contributed by atoms with Crippen molar-refractivity contribution in [2.75, 3.05) is 6.54 Å². The van der Waals surface area contributed by atoms with Crippen molar-refractivity contribution in [3.8, 4) is 0 Å². The van der Waals surface area contributed by atoms with Crippen LogP contribution in [0.2, 0.25) is 0 Å². The first-order valence-electron chi connectivity index (χ1n) is 8.04. The van der Waals surface area contributed by atoms with Gasteiger partial charge in [-0.15, -0.1) is 0 Å². The fourth-order valence-electron chi connectivity index (χ4n) is 2.78. The lowest BCUT2D eigenvalue weighted by atomic mass is 10.1. The second kappa shape index (κ2) is 7.46. The van der Waals surface area contributed by atoms with Crippen LogP contribution in [0.5, 0.6) is 0 Å². The molecule has 2 aromatic rings. The number of benzene rings is 1. The average Bonchev–Trinajstić information content (AvgIpc) is 2.73. The Labute approximate surface area is 129 Å². The van der Waals surface area contributed by atoms with Crippen molar-refractivity contribution >= 4 is 0 Å². The molecule has 0 atom stereocenters. The zero-order chi connectivity index (χ0) is 15.2. The number of rotatable bonds is 7. The van der Waals surface area contributed by atoms with Gasteiger partial charge in [-0.2, -0.15) is 0 Å². The molecular formula is C19H28N2. The summed E-state index contributed by atoms with van der Waals surface area (Å²) in [6.07, 6.45) is 2.50. The van der Waals surface area contributed by atoms with Crippen molar-refractivity contribution in [3.05, 3.63) is 58.4 Å². The van der Waals surface area contributed by atoms with Crippen molar-refractivity contribution < 1.29 is 0 Å². The van der Waals surface area contributed by atoms with E-state index >= 15 is 0 Å². The highest BCUT2D eigenvalue weighted by Crippen LogP contribution is 2.18. The number of nitrogens with one attached hydrogen (secondary N) is 1. The monoisotopic (exact) mass is 284 g/mol. The minimum atomic E-state index is 0.972. The molecule has 1 aromatic carbocycles. The number of aromatic nitrogens is 1. The van der Waals surface area contributed by atoms with Gasteiger partial charge in [-0.1, -0.05) is 37.6 Å². The molecule has 0 unspecified atom stereocenters. The third kappa shape index (κ3) is 3.98. The molecule has 2 rings (SSSR count). The molecule has 0 radical (unpaired) electrons. The summed E-state index contributed by atoms with van der Waals surface area (Å²) in [5.74, 6) is 0. The van der Waals surface area contributed by atoms with Crippen LogP contribution in [0.15, 0.2) is 30.3 Å². The molecule has 114 valence electrons. The standard InChI is InChI=1S/C19H28N2/c1-5-6-11-20-13-19-12-16(3)21(17(19)4)14-18-10-8-7-9-15(18)2/h7-10,12,20H,5-6,11,13-14H2,1-4H3. The number of aryl methyl sites for hydroxylation is 2. The molecule has 1 aromatic heterocycles. The van der Waals surface area contributed by atoms with Crippen LogP contribution in [0.3, 0.4) is 0 Å². The highest BCUT2D eigenvalue weighted by atomic mass is 15.0. The van der Waals surface area contributed by atoms with Crippen LogP contribution in [0.1, 0.15) is 47.8 Å². The second-order valence-corrected chi connectivity index (χ2v) is 5.94. The van der Waals surface area contributed by atoms with Crippen molar-refractivity contribution in [1.82, 2.24) is 9.88 Å². The second-order valence-electron chi connectivity index (χ2n) is 5.94. The Morgan fingerprint density at radius 3 is 2.52 bits per heavy atom. The molecule has 2 heteroatoms. The van der Waals surface area contributed by atoms with E-state index < -0.39 is 0 Å². The van der Waals surface area contributed by atoms with E-state index in [9.17, 15) is 0 Å². The number of hydrogen-bond donors (Lipinski definition) is 1. The Bertz CT molecular complexity index is 581. The Balaban J connectivity index is 2.10. The van der Waals surface area contributed by atoms with Crippen LogP contribution in [0.4, 0.5) is 0 Å². The molecule has 0 aliphatic heterocycles. The summed E-state index contributed by atoms with van der Waals surface area (Å²) in [4.78, 5) is 0. The zero-order valence-electron chi connectivity index (χ0n) is 13.9. The van der Waals surface area contributed by atoms with E-state index in [-0.39, 0.29) is 0 Å². The summed E-state index contributed by atoms with van der Waals surface area (Å²) >= 11 is 0. The van der Waals surface area contributed by atoms with Gasteiger partial charge in [0.15, 0.2) is 0 Å². The van der Waals surface area contributed by atoms with E-state index in [4.69, 9.17) is 0 Å². The van der Waals surface area contributed by atoms with Crippen LogP contribution in [-0.4, -0.2) is 11.1 Å². The Kier molecular flexibility index (Phi) is 5.63. The van der Waals surface area contributed by atoms with Crippen LogP contribution in [-0.2, 0) is 13.1 Å². The molecule has 1 N–H and O–H groups in total. The van der Waals surface area contributed by atoms with E-state index in [1.807, 2.05) is 0 Å². The molecule has 21 heavy (non-hydrogen) atoms. The molecular weight excluding hydrogens is 256 g/mol.